The number of carbonyl (C=O) groups is 1. The molecule has 0 saturated carbocycles. The van der Waals surface area contributed by atoms with E-state index in [1.54, 1.807) is 19.2 Å². The van der Waals surface area contributed by atoms with Gasteiger partial charge in [-0.15, -0.1) is 0 Å². The van der Waals surface area contributed by atoms with Gasteiger partial charge in [-0.1, -0.05) is 48.5 Å². The minimum Gasteiger partial charge on any atom is -0.493 e. The normalized spacial score (nSPS) is 11.1. The first-order chi connectivity index (χ1) is 17.4. The van der Waals surface area contributed by atoms with Crippen molar-refractivity contribution >= 4 is 44.4 Å². The zero-order valence-corrected chi connectivity index (χ0v) is 21.8. The molecule has 0 spiro atoms. The van der Waals surface area contributed by atoms with Crippen LogP contribution in [0.5, 0.6) is 11.5 Å². The fourth-order valence-corrected chi connectivity index (χ4v) is 4.44. The minimum absolute atomic E-state index is 0.0217. The maximum Gasteiger partial charge on any atom is 0.266 e. The Morgan fingerprint density at radius 1 is 1.03 bits per heavy atom. The first kappa shape index (κ1) is 25.0. The molecule has 0 fully saturated rings. The number of hydrogen-bond acceptors (Lipinski definition) is 4. The molecule has 5 nitrogen and oxygen atoms in total. The van der Waals surface area contributed by atoms with Crippen molar-refractivity contribution in [2.45, 2.75) is 20.5 Å². The van der Waals surface area contributed by atoms with Crippen LogP contribution in [0, 0.1) is 25.2 Å². The monoisotopic (exact) mass is 540 g/mol. The van der Waals surface area contributed by atoms with E-state index in [1.807, 2.05) is 62.4 Å². The molecule has 0 unspecified atom stereocenters. The summed E-state index contributed by atoms with van der Waals surface area (Å²) in [7, 11) is 1.55. The van der Waals surface area contributed by atoms with Gasteiger partial charge in [-0.3, -0.25) is 4.79 Å². The molecule has 4 aromatic carbocycles. The third-order valence-corrected chi connectivity index (χ3v) is 6.53. The third-order valence-electron chi connectivity index (χ3n) is 5.94. The van der Waals surface area contributed by atoms with Gasteiger partial charge in [-0.2, -0.15) is 5.26 Å². The van der Waals surface area contributed by atoms with Crippen molar-refractivity contribution in [3.8, 4) is 17.6 Å². The number of rotatable bonds is 7. The predicted molar refractivity (Wildman–Crippen MR) is 147 cm³/mol. The highest BCUT2D eigenvalue weighted by atomic mass is 79.9. The van der Waals surface area contributed by atoms with Crippen molar-refractivity contribution in [3.05, 3.63) is 105 Å². The fourth-order valence-electron chi connectivity index (χ4n) is 3.86. The molecule has 0 aliphatic rings. The first-order valence-corrected chi connectivity index (χ1v) is 12.2. The van der Waals surface area contributed by atoms with E-state index < -0.39 is 5.91 Å². The predicted octanol–water partition coefficient (Wildman–Crippen LogP) is 7.35. The van der Waals surface area contributed by atoms with E-state index in [9.17, 15) is 10.1 Å². The average Bonchev–Trinajstić information content (AvgIpc) is 2.88. The number of aryl methyl sites for hydroxylation is 2. The van der Waals surface area contributed by atoms with Crippen LogP contribution in [0.2, 0.25) is 0 Å². The number of nitrogens with one attached hydrogen (secondary N) is 1. The molecule has 0 heterocycles. The first-order valence-electron chi connectivity index (χ1n) is 11.4. The Balaban J connectivity index is 1.56. The lowest BCUT2D eigenvalue weighted by atomic mass is 10.1. The summed E-state index contributed by atoms with van der Waals surface area (Å²) in [5.74, 6) is 0.551. The topological polar surface area (TPSA) is 71.3 Å². The van der Waals surface area contributed by atoms with E-state index in [0.29, 0.717) is 33.8 Å². The molecule has 0 saturated heterocycles. The second kappa shape index (κ2) is 11.1. The van der Waals surface area contributed by atoms with Crippen molar-refractivity contribution in [1.82, 2.24) is 0 Å². The number of fused-ring (bicyclic) bond motifs is 1. The fraction of sp³-hybridized carbons (Fsp3) is 0.133. The molecule has 4 aromatic rings. The molecule has 0 aliphatic carbocycles. The Labute approximate surface area is 219 Å². The number of amides is 1. The second-order valence-electron chi connectivity index (χ2n) is 8.38. The number of halogens is 1. The van der Waals surface area contributed by atoms with E-state index in [1.165, 1.54) is 6.08 Å². The second-order valence-corrected chi connectivity index (χ2v) is 9.24. The molecule has 180 valence electrons. The lowest BCUT2D eigenvalue weighted by molar-refractivity contribution is -0.112. The molecular formula is C30H25BrN2O3. The van der Waals surface area contributed by atoms with Gasteiger partial charge in [0.15, 0.2) is 11.5 Å². The number of nitriles is 1. The molecule has 1 N–H and O–H groups in total. The summed E-state index contributed by atoms with van der Waals surface area (Å²) >= 11 is 3.56. The maximum absolute atomic E-state index is 12.7. The van der Waals surface area contributed by atoms with E-state index in [2.05, 4.69) is 39.4 Å². The highest BCUT2D eigenvalue weighted by molar-refractivity contribution is 9.10. The van der Waals surface area contributed by atoms with Gasteiger partial charge in [0.2, 0.25) is 0 Å². The molecule has 6 heteroatoms. The van der Waals surface area contributed by atoms with Crippen molar-refractivity contribution in [3.63, 3.8) is 0 Å². The Morgan fingerprint density at radius 2 is 1.81 bits per heavy atom. The van der Waals surface area contributed by atoms with Crippen molar-refractivity contribution in [2.24, 2.45) is 0 Å². The molecule has 0 aromatic heterocycles. The molecule has 36 heavy (non-hydrogen) atoms. The number of benzene rings is 4. The quantitative estimate of drug-likeness (QED) is 0.196. The summed E-state index contributed by atoms with van der Waals surface area (Å²) in [6, 6.07) is 25.4. The van der Waals surface area contributed by atoms with Crippen molar-refractivity contribution in [1.29, 1.82) is 5.26 Å². The summed E-state index contributed by atoms with van der Waals surface area (Å²) in [5, 5.41) is 14.7. The van der Waals surface area contributed by atoms with Gasteiger partial charge in [0.05, 0.1) is 11.6 Å². The van der Waals surface area contributed by atoms with Crippen LogP contribution in [0.3, 0.4) is 0 Å². The van der Waals surface area contributed by atoms with Gasteiger partial charge in [0.25, 0.3) is 5.91 Å². The molecule has 0 radical (unpaired) electrons. The number of methoxy groups -OCH3 is 1. The largest absolute Gasteiger partial charge is 0.493 e. The van der Waals surface area contributed by atoms with Gasteiger partial charge in [0.1, 0.15) is 18.2 Å². The standard InChI is InChI=1S/C30H25BrN2O3/c1-19-11-12-25(13-20(19)2)33-30(34)24(17-32)14-21-15-27(31)29(28(16-21)35-3)36-18-23-9-6-8-22-7-4-5-10-26(22)23/h4-16H,18H2,1-3H3,(H,33,34)/b24-14+. The number of carbonyl (C=O) groups excluding carboxylic acids is 1. The number of anilines is 1. The minimum atomic E-state index is -0.480. The van der Waals surface area contributed by atoms with Crippen LogP contribution in [-0.4, -0.2) is 13.0 Å². The Morgan fingerprint density at radius 3 is 2.56 bits per heavy atom. The van der Waals surface area contributed by atoms with Crippen LogP contribution in [-0.2, 0) is 11.4 Å². The summed E-state index contributed by atoms with van der Waals surface area (Å²) in [4.78, 5) is 12.7. The summed E-state index contributed by atoms with van der Waals surface area (Å²) in [5.41, 5.74) is 4.49. The highest BCUT2D eigenvalue weighted by Crippen LogP contribution is 2.38. The van der Waals surface area contributed by atoms with E-state index >= 15 is 0 Å². The molecule has 0 aliphatic heterocycles. The van der Waals surface area contributed by atoms with Gasteiger partial charge in [-0.05, 0) is 93.1 Å². The summed E-state index contributed by atoms with van der Waals surface area (Å²) in [6.45, 7) is 4.33. The van der Waals surface area contributed by atoms with Gasteiger partial charge in [-0.25, -0.2) is 0 Å². The summed E-state index contributed by atoms with van der Waals surface area (Å²) < 4.78 is 12.4. The SMILES string of the molecule is COc1cc(/C=C(\C#N)C(=O)Nc2ccc(C)c(C)c2)cc(Br)c1OCc1cccc2ccccc12. The lowest BCUT2D eigenvalue weighted by Crippen LogP contribution is -2.13. The Kier molecular flexibility index (Phi) is 7.72. The van der Waals surface area contributed by atoms with Gasteiger partial charge >= 0.3 is 0 Å². The van der Waals surface area contributed by atoms with Crippen LogP contribution in [0.25, 0.3) is 16.8 Å². The van der Waals surface area contributed by atoms with Crippen LogP contribution >= 0.6 is 15.9 Å². The number of ether oxygens (including phenoxy) is 2. The molecule has 1 amide bonds. The molecule has 4 rings (SSSR count). The number of hydrogen-bond donors (Lipinski definition) is 1. The average molecular weight is 541 g/mol. The molecule has 0 atom stereocenters. The van der Waals surface area contributed by atoms with Crippen LogP contribution < -0.4 is 14.8 Å². The van der Waals surface area contributed by atoms with Crippen LogP contribution in [0.4, 0.5) is 5.69 Å². The van der Waals surface area contributed by atoms with Crippen molar-refractivity contribution in [2.75, 3.05) is 12.4 Å². The maximum atomic E-state index is 12.7. The van der Waals surface area contributed by atoms with Crippen LogP contribution in [0.15, 0.2) is 82.8 Å². The lowest BCUT2D eigenvalue weighted by Gasteiger charge is -2.15. The highest BCUT2D eigenvalue weighted by Gasteiger charge is 2.15. The zero-order valence-electron chi connectivity index (χ0n) is 20.3. The van der Waals surface area contributed by atoms with Gasteiger partial charge < -0.3 is 14.8 Å². The Bertz CT molecular complexity index is 1510. The van der Waals surface area contributed by atoms with E-state index in [0.717, 1.165) is 27.5 Å². The smallest absolute Gasteiger partial charge is 0.266 e. The van der Waals surface area contributed by atoms with Crippen molar-refractivity contribution < 1.29 is 14.3 Å². The van der Waals surface area contributed by atoms with Gasteiger partial charge in [0, 0.05) is 5.69 Å². The summed E-state index contributed by atoms with van der Waals surface area (Å²) in [6.07, 6.45) is 1.53. The Hall–Kier alpha value is -4.08. The van der Waals surface area contributed by atoms with E-state index in [-0.39, 0.29) is 5.57 Å². The van der Waals surface area contributed by atoms with Crippen LogP contribution in [0.1, 0.15) is 22.3 Å². The molecule has 0 bridgehead atoms. The zero-order chi connectivity index (χ0) is 25.7. The number of nitrogens with zero attached hydrogens (tertiary/aromatic N) is 1. The molecular weight excluding hydrogens is 516 g/mol. The third kappa shape index (κ3) is 5.59. The van der Waals surface area contributed by atoms with E-state index in [4.69, 9.17) is 9.47 Å².